The van der Waals surface area contributed by atoms with E-state index in [4.69, 9.17) is 15.2 Å². The fourth-order valence-corrected chi connectivity index (χ4v) is 4.10. The number of ether oxygens (including phenoxy) is 2. The maximum atomic E-state index is 11.9. The molecule has 5 heteroatoms. The van der Waals surface area contributed by atoms with Crippen LogP contribution in [0.1, 0.15) is 25.3 Å². The minimum absolute atomic E-state index is 0.0127. The van der Waals surface area contributed by atoms with E-state index in [1.54, 1.807) is 0 Å². The monoisotopic (exact) mass is 454 g/mol. The van der Waals surface area contributed by atoms with Crippen LogP contribution in [0.4, 0.5) is 5.69 Å². The smallest absolute Gasteiger partial charge is 0.224 e. The van der Waals surface area contributed by atoms with E-state index in [1.807, 2.05) is 85.8 Å². The summed E-state index contributed by atoms with van der Waals surface area (Å²) in [6, 6.07) is 25.2. The second kappa shape index (κ2) is 10.9. The van der Waals surface area contributed by atoms with Crippen LogP contribution in [0.2, 0.25) is 0 Å². The molecule has 4 rings (SSSR count). The third kappa shape index (κ3) is 5.38. The van der Waals surface area contributed by atoms with Gasteiger partial charge in [-0.05, 0) is 66.1 Å². The number of rotatable bonds is 9. The molecule has 0 spiro atoms. The molecule has 0 saturated heterocycles. The molecule has 0 aliphatic heterocycles. The summed E-state index contributed by atoms with van der Waals surface area (Å²) in [6.45, 7) is 2.68. The highest BCUT2D eigenvalue weighted by molar-refractivity contribution is 5.90. The Morgan fingerprint density at radius 2 is 1.71 bits per heavy atom. The molecule has 0 fully saturated rings. The van der Waals surface area contributed by atoms with Gasteiger partial charge in [0.05, 0.1) is 0 Å². The van der Waals surface area contributed by atoms with E-state index in [2.05, 4.69) is 23.5 Å². The molecule has 3 N–H and O–H groups in total. The highest BCUT2D eigenvalue weighted by Gasteiger charge is 2.35. The zero-order valence-corrected chi connectivity index (χ0v) is 19.4. The molecule has 174 valence electrons. The lowest BCUT2D eigenvalue weighted by Gasteiger charge is -2.37. The van der Waals surface area contributed by atoms with Gasteiger partial charge in [-0.2, -0.15) is 0 Å². The Balaban J connectivity index is 1.48. The number of para-hydroxylation sites is 1. The predicted octanol–water partition coefficient (Wildman–Crippen LogP) is 5.99. The van der Waals surface area contributed by atoms with E-state index in [-0.39, 0.29) is 5.91 Å². The highest BCUT2D eigenvalue weighted by Crippen LogP contribution is 2.39. The van der Waals surface area contributed by atoms with Crippen LogP contribution < -0.4 is 20.5 Å². The molecule has 0 radical (unpaired) electrons. The number of amides is 1. The Hall–Kier alpha value is -3.83. The summed E-state index contributed by atoms with van der Waals surface area (Å²) in [4.78, 5) is 11.9. The van der Waals surface area contributed by atoms with Crippen LogP contribution in [-0.2, 0) is 10.2 Å². The molecule has 0 aromatic heterocycles. The summed E-state index contributed by atoms with van der Waals surface area (Å²) >= 11 is 0. The lowest BCUT2D eigenvalue weighted by Crippen LogP contribution is -2.39. The van der Waals surface area contributed by atoms with E-state index in [0.29, 0.717) is 19.6 Å². The van der Waals surface area contributed by atoms with Crippen LogP contribution >= 0.6 is 0 Å². The number of carbonyl (C=O) groups excluding carboxylic acids is 1. The first-order chi connectivity index (χ1) is 16.6. The maximum Gasteiger partial charge on any atom is 0.224 e. The summed E-state index contributed by atoms with van der Waals surface area (Å²) in [6.07, 6.45) is 7.47. The molecule has 1 atom stereocenters. The summed E-state index contributed by atoms with van der Waals surface area (Å²) < 4.78 is 12.0. The van der Waals surface area contributed by atoms with Gasteiger partial charge < -0.3 is 20.5 Å². The fourth-order valence-electron chi connectivity index (χ4n) is 4.10. The molecule has 1 unspecified atom stereocenters. The van der Waals surface area contributed by atoms with Crippen LogP contribution in [0.5, 0.6) is 17.2 Å². The number of nitrogens with two attached hydrogens (primary N) is 1. The number of allylic oxidation sites excluding steroid dienone is 3. The maximum absolute atomic E-state index is 11.9. The first-order valence-corrected chi connectivity index (χ1v) is 11.6. The second-order valence-corrected chi connectivity index (χ2v) is 8.27. The van der Waals surface area contributed by atoms with Crippen molar-refractivity contribution in [2.24, 2.45) is 5.73 Å². The van der Waals surface area contributed by atoms with Gasteiger partial charge in [0.2, 0.25) is 5.91 Å². The zero-order valence-electron chi connectivity index (χ0n) is 19.4. The normalized spacial score (nSPS) is 17.1. The van der Waals surface area contributed by atoms with Crippen molar-refractivity contribution in [2.75, 3.05) is 18.5 Å². The minimum atomic E-state index is -0.391. The third-order valence-corrected chi connectivity index (χ3v) is 6.08. The van der Waals surface area contributed by atoms with Crippen LogP contribution in [0, 0.1) is 0 Å². The molecule has 1 aliphatic rings. The van der Waals surface area contributed by atoms with Crippen LogP contribution in [0.3, 0.4) is 0 Å². The van der Waals surface area contributed by atoms with Crippen molar-refractivity contribution in [3.8, 4) is 17.2 Å². The van der Waals surface area contributed by atoms with Crippen molar-refractivity contribution in [3.05, 3.63) is 108 Å². The quantitative estimate of drug-likeness (QED) is 0.417. The predicted molar refractivity (Wildman–Crippen MR) is 136 cm³/mol. The Bertz CT molecular complexity index is 1170. The van der Waals surface area contributed by atoms with Gasteiger partial charge in [0.1, 0.15) is 23.9 Å². The average Bonchev–Trinajstić information content (AvgIpc) is 2.89. The molecule has 3 aromatic rings. The number of nitrogens with one attached hydrogen (secondary N) is 1. The third-order valence-electron chi connectivity index (χ3n) is 6.08. The van der Waals surface area contributed by atoms with Crippen LogP contribution in [0.25, 0.3) is 0 Å². The van der Waals surface area contributed by atoms with E-state index < -0.39 is 5.41 Å². The lowest BCUT2D eigenvalue weighted by atomic mass is 9.69. The minimum Gasteiger partial charge on any atom is -0.489 e. The van der Waals surface area contributed by atoms with E-state index in [9.17, 15) is 4.79 Å². The van der Waals surface area contributed by atoms with Gasteiger partial charge in [0.15, 0.2) is 0 Å². The number of hydrogen-bond donors (Lipinski definition) is 2. The van der Waals surface area contributed by atoms with Gasteiger partial charge in [0.25, 0.3) is 0 Å². The van der Waals surface area contributed by atoms with Crippen molar-refractivity contribution in [2.45, 2.75) is 25.2 Å². The molecule has 5 nitrogen and oxygen atoms in total. The molecule has 0 saturated carbocycles. The standard InChI is InChI=1S/C29H30N2O3/c1-2-28(32)31-24-11-8-10-22(19-24)29(21-30)18-7-6-9-23(29)20-33-25-14-16-27(17-15-25)34-26-12-4-3-5-13-26/h3-17,19H,2,18,20-21,30H2,1H3,(H,31,32). The molecule has 34 heavy (non-hydrogen) atoms. The lowest BCUT2D eigenvalue weighted by molar-refractivity contribution is -0.115. The van der Waals surface area contributed by atoms with Gasteiger partial charge in [-0.3, -0.25) is 4.79 Å². The van der Waals surface area contributed by atoms with Crippen LogP contribution in [0.15, 0.2) is 103 Å². The highest BCUT2D eigenvalue weighted by atomic mass is 16.5. The molecular weight excluding hydrogens is 424 g/mol. The number of hydrogen-bond acceptors (Lipinski definition) is 4. The van der Waals surface area contributed by atoms with Crippen molar-refractivity contribution in [1.82, 2.24) is 0 Å². The van der Waals surface area contributed by atoms with E-state index in [1.165, 1.54) is 0 Å². The molecule has 1 amide bonds. The fraction of sp³-hybridized carbons (Fsp3) is 0.207. The van der Waals surface area contributed by atoms with Crippen molar-refractivity contribution >= 4 is 11.6 Å². The summed E-state index contributed by atoms with van der Waals surface area (Å²) in [5.41, 5.74) is 8.92. The van der Waals surface area contributed by atoms with Gasteiger partial charge >= 0.3 is 0 Å². The SMILES string of the molecule is CCC(=O)Nc1cccc(C2(CN)CC=CC=C2COc2ccc(Oc3ccccc3)cc2)c1. The Morgan fingerprint density at radius 3 is 2.44 bits per heavy atom. The van der Waals surface area contributed by atoms with Gasteiger partial charge in [-0.15, -0.1) is 0 Å². The summed E-state index contributed by atoms with van der Waals surface area (Å²) in [5.74, 6) is 2.29. The second-order valence-electron chi connectivity index (χ2n) is 8.27. The Morgan fingerprint density at radius 1 is 0.971 bits per heavy atom. The van der Waals surface area contributed by atoms with E-state index in [0.717, 1.165) is 40.5 Å². The first kappa shape index (κ1) is 23.3. The Labute approximate surface area is 200 Å². The molecule has 3 aromatic carbocycles. The van der Waals surface area contributed by atoms with E-state index >= 15 is 0 Å². The molecular formula is C29H30N2O3. The molecule has 1 aliphatic carbocycles. The van der Waals surface area contributed by atoms with Crippen molar-refractivity contribution < 1.29 is 14.3 Å². The van der Waals surface area contributed by atoms with Crippen molar-refractivity contribution in [3.63, 3.8) is 0 Å². The zero-order chi connectivity index (χ0) is 23.8. The van der Waals surface area contributed by atoms with Crippen LogP contribution in [-0.4, -0.2) is 19.1 Å². The van der Waals surface area contributed by atoms with Gasteiger partial charge in [-0.1, -0.05) is 55.5 Å². The Kier molecular flexibility index (Phi) is 7.45. The van der Waals surface area contributed by atoms with Crippen molar-refractivity contribution in [1.29, 1.82) is 0 Å². The van der Waals surface area contributed by atoms with Gasteiger partial charge in [0, 0.05) is 24.1 Å². The average molecular weight is 455 g/mol. The molecule has 0 bridgehead atoms. The summed E-state index contributed by atoms with van der Waals surface area (Å²) in [7, 11) is 0. The first-order valence-electron chi connectivity index (χ1n) is 11.6. The number of anilines is 1. The number of carbonyl (C=O) groups is 1. The van der Waals surface area contributed by atoms with Gasteiger partial charge in [-0.25, -0.2) is 0 Å². The largest absolute Gasteiger partial charge is 0.489 e. The summed E-state index contributed by atoms with van der Waals surface area (Å²) in [5, 5.41) is 2.95. The molecule has 0 heterocycles. The number of benzene rings is 3. The topological polar surface area (TPSA) is 73.6 Å².